The summed E-state index contributed by atoms with van der Waals surface area (Å²) in [6.45, 7) is 4.91. The Kier molecular flexibility index (Phi) is 4.36. The zero-order valence-electron chi connectivity index (χ0n) is 11.2. The SMILES string of the molecule is CCOc1cc(CN)ccc1Oc1cccc(C)n1. The van der Waals surface area contributed by atoms with Crippen LogP contribution >= 0.6 is 0 Å². The lowest BCUT2D eigenvalue weighted by molar-refractivity contribution is 0.319. The Bertz CT molecular complexity index is 556. The molecule has 0 spiro atoms. The number of pyridine rings is 1. The summed E-state index contributed by atoms with van der Waals surface area (Å²) >= 11 is 0. The van der Waals surface area contributed by atoms with Crippen molar-refractivity contribution in [2.24, 2.45) is 5.73 Å². The maximum absolute atomic E-state index is 5.77. The van der Waals surface area contributed by atoms with E-state index in [1.807, 2.05) is 50.2 Å². The topological polar surface area (TPSA) is 57.4 Å². The number of aromatic nitrogens is 1. The minimum Gasteiger partial charge on any atom is -0.490 e. The first kappa shape index (κ1) is 13.4. The molecule has 0 unspecified atom stereocenters. The highest BCUT2D eigenvalue weighted by atomic mass is 16.5. The first-order chi connectivity index (χ1) is 9.22. The molecule has 1 heterocycles. The van der Waals surface area contributed by atoms with Crippen molar-refractivity contribution in [2.75, 3.05) is 6.61 Å². The third kappa shape index (κ3) is 3.45. The minimum absolute atomic E-state index is 0.475. The van der Waals surface area contributed by atoms with Crippen LogP contribution in [-0.4, -0.2) is 11.6 Å². The molecule has 0 radical (unpaired) electrons. The Morgan fingerprint density at radius 1 is 1.16 bits per heavy atom. The maximum atomic E-state index is 5.77. The highest BCUT2D eigenvalue weighted by Gasteiger charge is 2.08. The molecule has 2 N–H and O–H groups in total. The second kappa shape index (κ2) is 6.20. The molecule has 0 fully saturated rings. The fraction of sp³-hybridized carbons (Fsp3) is 0.267. The minimum atomic E-state index is 0.475. The Morgan fingerprint density at radius 3 is 2.68 bits per heavy atom. The van der Waals surface area contributed by atoms with E-state index in [4.69, 9.17) is 15.2 Å². The van der Waals surface area contributed by atoms with E-state index in [1.54, 1.807) is 0 Å². The van der Waals surface area contributed by atoms with Gasteiger partial charge < -0.3 is 15.2 Å². The number of aryl methyl sites for hydroxylation is 1. The molecule has 0 aliphatic rings. The van der Waals surface area contributed by atoms with Crippen molar-refractivity contribution in [3.05, 3.63) is 47.7 Å². The molecule has 0 atom stereocenters. The highest BCUT2D eigenvalue weighted by molar-refractivity contribution is 5.44. The van der Waals surface area contributed by atoms with Crippen molar-refractivity contribution in [1.29, 1.82) is 0 Å². The number of benzene rings is 1. The molecule has 0 saturated carbocycles. The van der Waals surface area contributed by atoms with Crippen LogP contribution in [0, 0.1) is 6.92 Å². The van der Waals surface area contributed by atoms with Crippen molar-refractivity contribution >= 4 is 0 Å². The second-order valence-electron chi connectivity index (χ2n) is 4.14. The van der Waals surface area contributed by atoms with Crippen molar-refractivity contribution in [3.63, 3.8) is 0 Å². The molecule has 0 aliphatic carbocycles. The van der Waals surface area contributed by atoms with E-state index < -0.39 is 0 Å². The van der Waals surface area contributed by atoms with Crippen LogP contribution < -0.4 is 15.2 Å². The number of rotatable bonds is 5. The maximum Gasteiger partial charge on any atom is 0.219 e. The third-order valence-corrected chi connectivity index (χ3v) is 2.62. The van der Waals surface area contributed by atoms with Gasteiger partial charge in [0.25, 0.3) is 0 Å². The van der Waals surface area contributed by atoms with Gasteiger partial charge in [0.05, 0.1) is 6.61 Å². The van der Waals surface area contributed by atoms with Crippen molar-refractivity contribution in [1.82, 2.24) is 4.98 Å². The van der Waals surface area contributed by atoms with Gasteiger partial charge in [0.15, 0.2) is 11.5 Å². The molecule has 0 bridgehead atoms. The van der Waals surface area contributed by atoms with Crippen LogP contribution in [0.3, 0.4) is 0 Å². The van der Waals surface area contributed by atoms with Gasteiger partial charge in [-0.15, -0.1) is 0 Å². The molecular weight excluding hydrogens is 240 g/mol. The molecule has 0 aliphatic heterocycles. The van der Waals surface area contributed by atoms with Crippen molar-refractivity contribution < 1.29 is 9.47 Å². The Balaban J connectivity index is 2.28. The molecular formula is C15H18N2O2. The third-order valence-electron chi connectivity index (χ3n) is 2.62. The van der Waals surface area contributed by atoms with Gasteiger partial charge in [-0.05, 0) is 37.6 Å². The quantitative estimate of drug-likeness (QED) is 0.895. The Hall–Kier alpha value is -2.07. The number of nitrogens with zero attached hydrogens (tertiary/aromatic N) is 1. The van der Waals surface area contributed by atoms with Gasteiger partial charge >= 0.3 is 0 Å². The van der Waals surface area contributed by atoms with Crippen LogP contribution in [0.2, 0.25) is 0 Å². The summed E-state index contributed by atoms with van der Waals surface area (Å²) < 4.78 is 11.3. The van der Waals surface area contributed by atoms with Crippen LogP contribution in [0.5, 0.6) is 17.4 Å². The fourth-order valence-corrected chi connectivity index (χ4v) is 1.72. The summed E-state index contributed by atoms with van der Waals surface area (Å²) in [7, 11) is 0. The lowest BCUT2D eigenvalue weighted by Gasteiger charge is -2.12. The van der Waals surface area contributed by atoms with Crippen LogP contribution in [0.4, 0.5) is 0 Å². The normalized spacial score (nSPS) is 10.3. The van der Waals surface area contributed by atoms with E-state index in [0.29, 0.717) is 30.5 Å². The lowest BCUT2D eigenvalue weighted by Crippen LogP contribution is -2.00. The number of hydrogen-bond donors (Lipinski definition) is 1. The van der Waals surface area contributed by atoms with Crippen molar-refractivity contribution in [3.8, 4) is 17.4 Å². The predicted octanol–water partition coefficient (Wildman–Crippen LogP) is 3.04. The van der Waals surface area contributed by atoms with E-state index in [0.717, 1.165) is 11.3 Å². The lowest BCUT2D eigenvalue weighted by atomic mass is 10.2. The monoisotopic (exact) mass is 258 g/mol. The zero-order chi connectivity index (χ0) is 13.7. The molecule has 4 heteroatoms. The van der Waals surface area contributed by atoms with Gasteiger partial charge in [-0.25, -0.2) is 4.98 Å². The fourth-order valence-electron chi connectivity index (χ4n) is 1.72. The molecule has 2 rings (SSSR count). The van der Waals surface area contributed by atoms with E-state index in [9.17, 15) is 0 Å². The molecule has 4 nitrogen and oxygen atoms in total. The molecule has 19 heavy (non-hydrogen) atoms. The van der Waals surface area contributed by atoms with Crippen molar-refractivity contribution in [2.45, 2.75) is 20.4 Å². The number of ether oxygens (including phenoxy) is 2. The summed E-state index contributed by atoms with van der Waals surface area (Å²) in [5, 5.41) is 0. The summed E-state index contributed by atoms with van der Waals surface area (Å²) in [6, 6.07) is 11.3. The highest BCUT2D eigenvalue weighted by Crippen LogP contribution is 2.31. The summed E-state index contributed by atoms with van der Waals surface area (Å²) in [5.41, 5.74) is 7.55. The van der Waals surface area contributed by atoms with Crippen LogP contribution in [0.25, 0.3) is 0 Å². The molecule has 0 saturated heterocycles. The predicted molar refractivity (Wildman–Crippen MR) is 74.6 cm³/mol. The van der Waals surface area contributed by atoms with E-state index in [2.05, 4.69) is 4.98 Å². The zero-order valence-corrected chi connectivity index (χ0v) is 11.2. The van der Waals surface area contributed by atoms with Gasteiger partial charge in [0.2, 0.25) is 5.88 Å². The largest absolute Gasteiger partial charge is 0.490 e. The molecule has 1 aromatic heterocycles. The first-order valence-corrected chi connectivity index (χ1v) is 6.30. The molecule has 1 aromatic carbocycles. The Morgan fingerprint density at radius 2 is 2.00 bits per heavy atom. The molecule has 2 aromatic rings. The van der Waals surface area contributed by atoms with Gasteiger partial charge in [0, 0.05) is 18.3 Å². The molecule has 0 amide bonds. The standard InChI is InChI=1S/C15H18N2O2/c1-3-18-14-9-12(10-16)7-8-13(14)19-15-6-4-5-11(2)17-15/h4-9H,3,10,16H2,1-2H3. The molecule has 100 valence electrons. The smallest absolute Gasteiger partial charge is 0.219 e. The van der Waals surface area contributed by atoms with Gasteiger partial charge in [-0.3, -0.25) is 0 Å². The van der Waals surface area contributed by atoms with Gasteiger partial charge in [-0.2, -0.15) is 0 Å². The van der Waals surface area contributed by atoms with E-state index in [1.165, 1.54) is 0 Å². The van der Waals surface area contributed by atoms with E-state index >= 15 is 0 Å². The Labute approximate surface area is 113 Å². The van der Waals surface area contributed by atoms with Gasteiger partial charge in [0.1, 0.15) is 0 Å². The van der Waals surface area contributed by atoms with Crippen LogP contribution in [0.1, 0.15) is 18.2 Å². The average molecular weight is 258 g/mol. The summed E-state index contributed by atoms with van der Waals surface area (Å²) in [4.78, 5) is 4.31. The number of nitrogens with two attached hydrogens (primary N) is 1. The van der Waals surface area contributed by atoms with Crippen LogP contribution in [-0.2, 0) is 6.54 Å². The number of hydrogen-bond acceptors (Lipinski definition) is 4. The first-order valence-electron chi connectivity index (χ1n) is 6.30. The summed E-state index contributed by atoms with van der Waals surface area (Å²) in [5.74, 6) is 1.90. The second-order valence-corrected chi connectivity index (χ2v) is 4.14. The van der Waals surface area contributed by atoms with Crippen LogP contribution in [0.15, 0.2) is 36.4 Å². The van der Waals surface area contributed by atoms with Gasteiger partial charge in [-0.1, -0.05) is 12.1 Å². The average Bonchev–Trinajstić information content (AvgIpc) is 2.41. The summed E-state index contributed by atoms with van der Waals surface area (Å²) in [6.07, 6.45) is 0. The van der Waals surface area contributed by atoms with E-state index in [-0.39, 0.29) is 0 Å².